The lowest BCUT2D eigenvalue weighted by molar-refractivity contribution is 0.102. The molecule has 0 aliphatic carbocycles. The molecule has 0 radical (unpaired) electrons. The lowest BCUT2D eigenvalue weighted by Gasteiger charge is -2.10. The highest BCUT2D eigenvalue weighted by Gasteiger charge is 2.24. The predicted octanol–water partition coefficient (Wildman–Crippen LogP) is 6.40. The van der Waals surface area contributed by atoms with Crippen LogP contribution in [0.3, 0.4) is 0 Å². The summed E-state index contributed by atoms with van der Waals surface area (Å²) in [5.74, 6) is 0.293. The summed E-state index contributed by atoms with van der Waals surface area (Å²) in [5, 5.41) is 11.0. The molecule has 0 aliphatic heterocycles. The number of ether oxygens (including phenoxy) is 1. The van der Waals surface area contributed by atoms with E-state index in [1.165, 1.54) is 46.2 Å². The van der Waals surface area contributed by atoms with Crippen molar-refractivity contribution in [3.05, 3.63) is 119 Å². The van der Waals surface area contributed by atoms with Crippen molar-refractivity contribution < 1.29 is 18.3 Å². The maximum Gasteiger partial charge on any atom is 0.284 e. The Labute approximate surface area is 273 Å². The molecule has 240 valence electrons. The minimum atomic E-state index is -0.589. The minimum absolute atomic E-state index is 0.0688. The van der Waals surface area contributed by atoms with E-state index < -0.39 is 17.3 Å². The molecule has 0 unspecified atom stereocenters. The average molecular weight is 645 g/mol. The molecule has 4 aromatic heterocycles. The second kappa shape index (κ2) is 12.4. The maximum absolute atomic E-state index is 13.4. The van der Waals surface area contributed by atoms with E-state index >= 15 is 0 Å². The van der Waals surface area contributed by atoms with E-state index in [1.54, 1.807) is 42.2 Å². The fraction of sp³-hybridized carbons (Fsp3) is 0.114. The van der Waals surface area contributed by atoms with Crippen molar-refractivity contribution in [2.24, 2.45) is 14.1 Å². The average Bonchev–Trinajstić information content (AvgIpc) is 3.78. The van der Waals surface area contributed by atoms with Crippen molar-refractivity contribution in [1.82, 2.24) is 29.1 Å². The van der Waals surface area contributed by atoms with Gasteiger partial charge in [-0.1, -0.05) is 12.1 Å². The van der Waals surface area contributed by atoms with Gasteiger partial charge >= 0.3 is 0 Å². The van der Waals surface area contributed by atoms with Gasteiger partial charge in [-0.25, -0.2) is 19.0 Å². The van der Waals surface area contributed by atoms with Gasteiger partial charge in [-0.3, -0.25) is 19.0 Å². The van der Waals surface area contributed by atoms with Crippen LogP contribution in [0.5, 0.6) is 11.6 Å². The van der Waals surface area contributed by atoms with E-state index in [2.05, 4.69) is 25.7 Å². The molecule has 7 rings (SSSR count). The van der Waals surface area contributed by atoms with E-state index in [4.69, 9.17) is 9.15 Å². The van der Waals surface area contributed by atoms with Gasteiger partial charge in [0.25, 0.3) is 11.5 Å². The van der Waals surface area contributed by atoms with Crippen LogP contribution in [-0.2, 0) is 14.1 Å². The molecular weight excluding hydrogens is 615 g/mol. The summed E-state index contributed by atoms with van der Waals surface area (Å²) in [6, 6.07) is 20.1. The molecule has 13 heteroatoms. The van der Waals surface area contributed by atoms with Crippen LogP contribution < -0.4 is 20.9 Å². The second-order valence-electron chi connectivity index (χ2n) is 11.0. The Hall–Kier alpha value is -6.50. The van der Waals surface area contributed by atoms with Crippen LogP contribution in [0.25, 0.3) is 39.2 Å². The third-order valence-corrected chi connectivity index (χ3v) is 7.65. The van der Waals surface area contributed by atoms with Gasteiger partial charge in [0.05, 0.1) is 17.4 Å². The molecule has 0 aliphatic rings. The van der Waals surface area contributed by atoms with Crippen LogP contribution in [-0.4, -0.2) is 41.6 Å². The number of amides is 1. The number of halogens is 1. The van der Waals surface area contributed by atoms with E-state index in [0.29, 0.717) is 34.0 Å². The van der Waals surface area contributed by atoms with Crippen LogP contribution in [0.1, 0.15) is 17.3 Å². The molecule has 3 aromatic carbocycles. The Morgan fingerprint density at radius 3 is 2.48 bits per heavy atom. The number of hydrogen-bond donors (Lipinski definition) is 2. The molecule has 48 heavy (non-hydrogen) atoms. The van der Waals surface area contributed by atoms with Gasteiger partial charge in [0.2, 0.25) is 11.6 Å². The van der Waals surface area contributed by atoms with Crippen LogP contribution >= 0.6 is 0 Å². The highest BCUT2D eigenvalue weighted by Crippen LogP contribution is 2.44. The standard InChI is InChI=1S/C35H29FN8O4/c1-4-37-25-7-5-6-21(16-25)29-30-33(38-20-39-34(30)48-31(29)22-17-40-42(2)18-22)47-27-14-10-24(11-15-27)41-32(45)28-19-43(3)44(35(28)46)26-12-8-23(36)9-13-26/h5-20,37H,4H2,1-3H3,(H,41,45). The van der Waals surface area contributed by atoms with E-state index in [0.717, 1.165) is 28.9 Å². The van der Waals surface area contributed by atoms with Crippen LogP contribution in [0.4, 0.5) is 15.8 Å². The number of benzene rings is 3. The van der Waals surface area contributed by atoms with Gasteiger partial charge < -0.3 is 19.8 Å². The Morgan fingerprint density at radius 1 is 0.958 bits per heavy atom. The largest absolute Gasteiger partial charge is 0.438 e. The zero-order chi connectivity index (χ0) is 33.4. The number of carbonyl (C=O) groups excluding carboxylic acids is 1. The summed E-state index contributed by atoms with van der Waals surface area (Å²) in [6.45, 7) is 2.80. The number of anilines is 2. The lowest BCUT2D eigenvalue weighted by atomic mass is 10.0. The number of aromatic nitrogens is 6. The summed E-state index contributed by atoms with van der Waals surface area (Å²) >= 11 is 0. The van der Waals surface area contributed by atoms with Crippen molar-refractivity contribution in [3.8, 4) is 39.8 Å². The quantitative estimate of drug-likeness (QED) is 0.185. The second-order valence-corrected chi connectivity index (χ2v) is 11.0. The van der Waals surface area contributed by atoms with Crippen molar-refractivity contribution in [2.75, 3.05) is 17.2 Å². The maximum atomic E-state index is 13.4. The molecule has 0 bridgehead atoms. The number of fused-ring (bicyclic) bond motifs is 1. The van der Waals surface area contributed by atoms with Gasteiger partial charge in [0, 0.05) is 50.0 Å². The fourth-order valence-corrected chi connectivity index (χ4v) is 5.50. The summed E-state index contributed by atoms with van der Waals surface area (Å²) < 4.78 is 30.4. The van der Waals surface area contributed by atoms with Gasteiger partial charge in [0.1, 0.15) is 34.6 Å². The third-order valence-electron chi connectivity index (χ3n) is 7.65. The Bertz CT molecular complexity index is 2340. The normalized spacial score (nSPS) is 11.2. The Morgan fingerprint density at radius 2 is 1.75 bits per heavy atom. The minimum Gasteiger partial charge on any atom is -0.438 e. The number of rotatable bonds is 9. The first-order valence-electron chi connectivity index (χ1n) is 15.0. The summed E-state index contributed by atoms with van der Waals surface area (Å²) in [5.41, 5.74) is 3.97. The van der Waals surface area contributed by atoms with Gasteiger partial charge in [-0.15, -0.1) is 0 Å². The van der Waals surface area contributed by atoms with Crippen LogP contribution in [0, 0.1) is 5.82 Å². The molecule has 0 saturated carbocycles. The van der Waals surface area contributed by atoms with Gasteiger partial charge in [0.15, 0.2) is 0 Å². The first kappa shape index (κ1) is 30.2. The monoisotopic (exact) mass is 644 g/mol. The van der Waals surface area contributed by atoms with Crippen molar-refractivity contribution in [1.29, 1.82) is 0 Å². The topological polar surface area (TPSA) is 134 Å². The number of nitrogens with zero attached hydrogens (tertiary/aromatic N) is 6. The van der Waals surface area contributed by atoms with Crippen molar-refractivity contribution >= 4 is 28.4 Å². The van der Waals surface area contributed by atoms with E-state index in [-0.39, 0.29) is 11.4 Å². The Balaban J connectivity index is 1.18. The fourth-order valence-electron chi connectivity index (χ4n) is 5.50. The molecule has 1 amide bonds. The highest BCUT2D eigenvalue weighted by molar-refractivity contribution is 6.04. The molecule has 2 N–H and O–H groups in total. The molecule has 0 spiro atoms. The Kier molecular flexibility index (Phi) is 7.77. The van der Waals surface area contributed by atoms with Crippen LogP contribution in [0.15, 0.2) is 107 Å². The molecule has 7 aromatic rings. The molecular formula is C35H29FN8O4. The van der Waals surface area contributed by atoms with Crippen molar-refractivity contribution in [3.63, 3.8) is 0 Å². The molecule has 0 fully saturated rings. The number of aryl methyl sites for hydroxylation is 2. The van der Waals surface area contributed by atoms with E-state index in [9.17, 15) is 14.0 Å². The first-order valence-corrected chi connectivity index (χ1v) is 15.0. The highest BCUT2D eigenvalue weighted by atomic mass is 19.1. The number of carbonyl (C=O) groups is 1. The van der Waals surface area contributed by atoms with Gasteiger partial charge in [-0.2, -0.15) is 5.10 Å². The number of hydrogen-bond acceptors (Lipinski definition) is 8. The first-order chi connectivity index (χ1) is 23.3. The van der Waals surface area contributed by atoms with Gasteiger partial charge in [-0.05, 0) is 73.2 Å². The summed E-state index contributed by atoms with van der Waals surface area (Å²) in [7, 11) is 3.46. The zero-order valence-corrected chi connectivity index (χ0v) is 26.1. The third kappa shape index (κ3) is 5.68. The SMILES string of the molecule is CCNc1cccc(-c2c(-c3cnn(C)c3)oc3ncnc(Oc4ccc(NC(=O)c5cn(C)n(-c6ccc(F)cc6)c5=O)cc4)c23)c1. The van der Waals surface area contributed by atoms with E-state index in [1.807, 2.05) is 44.4 Å². The smallest absolute Gasteiger partial charge is 0.284 e. The molecule has 0 atom stereocenters. The van der Waals surface area contributed by atoms with Crippen molar-refractivity contribution in [2.45, 2.75) is 6.92 Å². The molecule has 0 saturated heterocycles. The van der Waals surface area contributed by atoms with Crippen LogP contribution in [0.2, 0.25) is 0 Å². The lowest BCUT2D eigenvalue weighted by Crippen LogP contribution is -2.25. The predicted molar refractivity (Wildman–Crippen MR) is 179 cm³/mol. The summed E-state index contributed by atoms with van der Waals surface area (Å²) in [6.07, 6.45) is 6.39. The zero-order valence-electron chi connectivity index (χ0n) is 26.1. The molecule has 12 nitrogen and oxygen atoms in total. The number of furan rings is 1. The molecule has 4 heterocycles. The number of nitrogens with one attached hydrogen (secondary N) is 2. The summed E-state index contributed by atoms with van der Waals surface area (Å²) in [4.78, 5) is 35.0.